The van der Waals surface area contributed by atoms with E-state index in [1.165, 1.54) is 11.3 Å². The van der Waals surface area contributed by atoms with Gasteiger partial charge in [-0.15, -0.1) is 0 Å². The van der Waals surface area contributed by atoms with E-state index in [-0.39, 0.29) is 0 Å². The summed E-state index contributed by atoms with van der Waals surface area (Å²) in [5.41, 5.74) is 4.45. The Morgan fingerprint density at radius 1 is 1.38 bits per heavy atom. The molecule has 0 unspecified atom stereocenters. The van der Waals surface area contributed by atoms with Crippen LogP contribution in [0.25, 0.3) is 0 Å². The molecule has 0 aromatic carbocycles. The fraction of sp³-hybridized carbons (Fsp3) is 0.455. The molecule has 0 fully saturated rings. The second kappa shape index (κ2) is 4.49. The Bertz CT molecular complexity index is 459. The van der Waals surface area contributed by atoms with Crippen LogP contribution in [0.5, 0.6) is 0 Å². The molecule has 5 nitrogen and oxygen atoms in total. The van der Waals surface area contributed by atoms with Gasteiger partial charge < -0.3 is 9.84 Å². The average Bonchev–Trinajstić information content (AvgIpc) is 2.82. The fourth-order valence-electron chi connectivity index (χ4n) is 1.72. The van der Waals surface area contributed by atoms with Gasteiger partial charge in [0.15, 0.2) is 0 Å². The maximum Gasteiger partial charge on any atom is 0.124 e. The topological polar surface area (TPSA) is 55.9 Å². The van der Waals surface area contributed by atoms with Gasteiger partial charge in [0.1, 0.15) is 6.26 Å². The lowest BCUT2D eigenvalue weighted by atomic mass is 10.2. The molecule has 1 N–H and O–H groups in total. The van der Waals surface area contributed by atoms with Gasteiger partial charge in [-0.2, -0.15) is 5.10 Å². The lowest BCUT2D eigenvalue weighted by Gasteiger charge is -2.03. The van der Waals surface area contributed by atoms with Crippen LogP contribution in [0.3, 0.4) is 0 Å². The van der Waals surface area contributed by atoms with E-state index in [0.29, 0.717) is 6.54 Å². The van der Waals surface area contributed by atoms with Crippen molar-refractivity contribution >= 4 is 0 Å². The van der Waals surface area contributed by atoms with Crippen molar-refractivity contribution in [1.29, 1.82) is 0 Å². The lowest BCUT2D eigenvalue weighted by Crippen LogP contribution is -2.14. The molecule has 0 saturated heterocycles. The van der Waals surface area contributed by atoms with Gasteiger partial charge in [-0.05, 0) is 13.8 Å². The normalized spacial score (nSPS) is 10.9. The summed E-state index contributed by atoms with van der Waals surface area (Å²) in [6.45, 7) is 5.62. The van der Waals surface area contributed by atoms with Crippen LogP contribution in [0.1, 0.15) is 22.6 Å². The van der Waals surface area contributed by atoms with Crippen LogP contribution in [0.4, 0.5) is 0 Å². The molecule has 0 saturated carbocycles. The van der Waals surface area contributed by atoms with Gasteiger partial charge in [-0.25, -0.2) is 0 Å². The van der Waals surface area contributed by atoms with Gasteiger partial charge in [0.25, 0.3) is 0 Å². The highest BCUT2D eigenvalue weighted by Gasteiger charge is 2.08. The molecule has 86 valence electrons. The lowest BCUT2D eigenvalue weighted by molar-refractivity contribution is 0.408. The summed E-state index contributed by atoms with van der Waals surface area (Å²) in [5.74, 6) is 0. The fourth-order valence-corrected chi connectivity index (χ4v) is 1.72. The molecule has 0 atom stereocenters. The highest BCUT2D eigenvalue weighted by molar-refractivity contribution is 5.24. The Labute approximate surface area is 94.4 Å². The number of hydrogen-bond donors (Lipinski definition) is 1. The van der Waals surface area contributed by atoms with Crippen molar-refractivity contribution in [1.82, 2.24) is 20.3 Å². The summed E-state index contributed by atoms with van der Waals surface area (Å²) in [7, 11) is 1.96. The molecule has 16 heavy (non-hydrogen) atoms. The van der Waals surface area contributed by atoms with Crippen molar-refractivity contribution in [2.45, 2.75) is 26.9 Å². The van der Waals surface area contributed by atoms with E-state index in [9.17, 15) is 0 Å². The van der Waals surface area contributed by atoms with E-state index < -0.39 is 0 Å². The predicted octanol–water partition coefficient (Wildman–Crippen LogP) is 1.31. The standard InChI is InChI=1S/C11H16N4O/c1-8-11(9(2)15(3)13-8)7-12-6-10-4-5-16-14-10/h4-5,12H,6-7H2,1-3H3. The van der Waals surface area contributed by atoms with Crippen LogP contribution in [-0.2, 0) is 20.1 Å². The maximum atomic E-state index is 4.76. The Morgan fingerprint density at radius 2 is 2.19 bits per heavy atom. The molecule has 0 bridgehead atoms. The van der Waals surface area contributed by atoms with Gasteiger partial charge in [0.05, 0.1) is 11.4 Å². The van der Waals surface area contributed by atoms with Gasteiger partial charge in [-0.3, -0.25) is 4.68 Å². The zero-order chi connectivity index (χ0) is 11.5. The zero-order valence-corrected chi connectivity index (χ0v) is 9.82. The van der Waals surface area contributed by atoms with E-state index in [2.05, 4.69) is 22.5 Å². The first kappa shape index (κ1) is 10.9. The van der Waals surface area contributed by atoms with Gasteiger partial charge in [0.2, 0.25) is 0 Å². The number of aromatic nitrogens is 3. The summed E-state index contributed by atoms with van der Waals surface area (Å²) in [6, 6.07) is 1.86. The quantitative estimate of drug-likeness (QED) is 0.844. The summed E-state index contributed by atoms with van der Waals surface area (Å²) in [5, 5.41) is 11.5. The number of nitrogens with zero attached hydrogens (tertiary/aromatic N) is 3. The molecule has 0 aliphatic rings. The van der Waals surface area contributed by atoms with Gasteiger partial charge >= 0.3 is 0 Å². The Balaban J connectivity index is 1.95. The van der Waals surface area contributed by atoms with Gasteiger partial charge in [0, 0.05) is 37.5 Å². The minimum atomic E-state index is 0.713. The molecule has 0 amide bonds. The number of aryl methyl sites for hydroxylation is 2. The van der Waals surface area contributed by atoms with Crippen LogP contribution in [-0.4, -0.2) is 14.9 Å². The minimum Gasteiger partial charge on any atom is -0.364 e. The number of nitrogens with one attached hydrogen (secondary N) is 1. The highest BCUT2D eigenvalue weighted by atomic mass is 16.5. The van der Waals surface area contributed by atoms with Crippen molar-refractivity contribution < 1.29 is 4.52 Å². The summed E-state index contributed by atoms with van der Waals surface area (Å²) in [4.78, 5) is 0. The predicted molar refractivity (Wildman–Crippen MR) is 59.7 cm³/mol. The first-order valence-corrected chi connectivity index (χ1v) is 5.27. The van der Waals surface area contributed by atoms with Crippen LogP contribution in [0.2, 0.25) is 0 Å². The third-order valence-electron chi connectivity index (χ3n) is 2.76. The Morgan fingerprint density at radius 3 is 2.75 bits per heavy atom. The second-order valence-electron chi connectivity index (χ2n) is 3.87. The smallest absolute Gasteiger partial charge is 0.124 e. The summed E-state index contributed by atoms with van der Waals surface area (Å²) in [6.07, 6.45) is 1.58. The average molecular weight is 220 g/mol. The molecule has 2 heterocycles. The van der Waals surface area contributed by atoms with E-state index in [4.69, 9.17) is 4.52 Å². The van der Waals surface area contributed by atoms with E-state index >= 15 is 0 Å². The molecule has 5 heteroatoms. The molecule has 2 aromatic heterocycles. The zero-order valence-electron chi connectivity index (χ0n) is 9.82. The first-order valence-electron chi connectivity index (χ1n) is 5.27. The molecular weight excluding hydrogens is 204 g/mol. The van der Waals surface area contributed by atoms with Crippen molar-refractivity contribution in [2.75, 3.05) is 0 Å². The van der Waals surface area contributed by atoms with Crippen molar-refractivity contribution in [3.63, 3.8) is 0 Å². The minimum absolute atomic E-state index is 0.713. The largest absolute Gasteiger partial charge is 0.364 e. The maximum absolute atomic E-state index is 4.76. The SMILES string of the molecule is Cc1nn(C)c(C)c1CNCc1ccon1. The third kappa shape index (κ3) is 2.14. The van der Waals surface area contributed by atoms with E-state index in [1.54, 1.807) is 6.26 Å². The van der Waals surface area contributed by atoms with E-state index in [0.717, 1.165) is 17.9 Å². The number of hydrogen-bond acceptors (Lipinski definition) is 4. The third-order valence-corrected chi connectivity index (χ3v) is 2.76. The monoisotopic (exact) mass is 220 g/mol. The summed E-state index contributed by atoms with van der Waals surface area (Å²) < 4.78 is 6.67. The molecule has 0 spiro atoms. The van der Waals surface area contributed by atoms with Crippen molar-refractivity contribution in [3.8, 4) is 0 Å². The number of rotatable bonds is 4. The Hall–Kier alpha value is -1.62. The van der Waals surface area contributed by atoms with Gasteiger partial charge in [-0.1, -0.05) is 5.16 Å². The van der Waals surface area contributed by atoms with Crippen LogP contribution in [0.15, 0.2) is 16.9 Å². The van der Waals surface area contributed by atoms with Crippen molar-refractivity contribution in [3.05, 3.63) is 35.0 Å². The molecule has 2 aromatic rings. The molecule has 0 aliphatic carbocycles. The second-order valence-corrected chi connectivity index (χ2v) is 3.87. The Kier molecular flexibility index (Phi) is 3.05. The molecule has 0 aliphatic heterocycles. The van der Waals surface area contributed by atoms with E-state index in [1.807, 2.05) is 24.7 Å². The van der Waals surface area contributed by atoms with Crippen LogP contribution >= 0.6 is 0 Å². The molecular formula is C11H16N4O. The van der Waals surface area contributed by atoms with Crippen LogP contribution < -0.4 is 5.32 Å². The van der Waals surface area contributed by atoms with Crippen LogP contribution in [0, 0.1) is 13.8 Å². The highest BCUT2D eigenvalue weighted by Crippen LogP contribution is 2.11. The molecule has 0 radical (unpaired) electrons. The molecule has 2 rings (SSSR count). The first-order chi connectivity index (χ1) is 7.68. The van der Waals surface area contributed by atoms with Crippen molar-refractivity contribution in [2.24, 2.45) is 7.05 Å². The summed E-state index contributed by atoms with van der Waals surface area (Å²) >= 11 is 0.